The van der Waals surface area contributed by atoms with Crippen LogP contribution < -0.4 is 0 Å². The van der Waals surface area contributed by atoms with Crippen LogP contribution in [0.2, 0.25) is 0 Å². The summed E-state index contributed by atoms with van der Waals surface area (Å²) in [4.78, 5) is 3.94. The molecular formula is C19H26N2. The lowest BCUT2D eigenvalue weighted by Gasteiger charge is -2.00. The number of nitriles is 1. The van der Waals surface area contributed by atoms with Gasteiger partial charge in [0.1, 0.15) is 11.8 Å². The van der Waals surface area contributed by atoms with Crippen molar-refractivity contribution >= 4 is 5.57 Å². The molecule has 0 unspecified atom stereocenters. The van der Waals surface area contributed by atoms with Crippen LogP contribution in [-0.2, 0) is 0 Å². The number of hydrogen-bond donors (Lipinski definition) is 0. The molecule has 1 aromatic rings. The fourth-order valence-corrected chi connectivity index (χ4v) is 1.35. The van der Waals surface area contributed by atoms with Crippen LogP contribution in [-0.4, -0.2) is 4.98 Å². The standard InChI is InChI=1S/C15H14N2.2C2H6/c1-3-5-6-7-8-13(4-2)14-9-10-17-15(11-14)12-16;2*1-2/h3,5-7,9-11H,1,4H2,2H3;2*1-2H3/b6-5-;;. The van der Waals surface area contributed by atoms with Crippen molar-refractivity contribution in [3.8, 4) is 6.07 Å². The molecule has 2 nitrogen and oxygen atoms in total. The minimum atomic E-state index is 0.428. The molecule has 0 fully saturated rings. The molecule has 0 saturated heterocycles. The molecule has 0 bridgehead atoms. The molecular weight excluding hydrogens is 256 g/mol. The van der Waals surface area contributed by atoms with Crippen LogP contribution in [0.15, 0.2) is 54.9 Å². The highest BCUT2D eigenvalue weighted by Crippen LogP contribution is 2.16. The minimum absolute atomic E-state index is 0.428. The fourth-order valence-electron chi connectivity index (χ4n) is 1.35. The van der Waals surface area contributed by atoms with E-state index in [4.69, 9.17) is 5.26 Å². The Balaban J connectivity index is 0. The molecule has 0 spiro atoms. The summed E-state index contributed by atoms with van der Waals surface area (Å²) < 4.78 is 0. The molecule has 1 aromatic heterocycles. The molecule has 0 radical (unpaired) electrons. The van der Waals surface area contributed by atoms with E-state index >= 15 is 0 Å². The van der Waals surface area contributed by atoms with Gasteiger partial charge in [-0.15, -0.1) is 5.73 Å². The molecule has 0 aliphatic rings. The van der Waals surface area contributed by atoms with E-state index in [0.717, 1.165) is 17.6 Å². The second-order valence-electron chi connectivity index (χ2n) is 3.31. The Hall–Kier alpha value is -2.36. The number of allylic oxidation sites excluding steroid dienone is 4. The van der Waals surface area contributed by atoms with Crippen molar-refractivity contribution in [1.82, 2.24) is 4.98 Å². The molecule has 0 atom stereocenters. The Morgan fingerprint density at radius 2 is 1.95 bits per heavy atom. The Morgan fingerprint density at radius 1 is 1.29 bits per heavy atom. The molecule has 0 aliphatic heterocycles. The number of pyridine rings is 1. The molecule has 0 amide bonds. The molecule has 1 rings (SSSR count). The van der Waals surface area contributed by atoms with Gasteiger partial charge in [0, 0.05) is 11.8 Å². The van der Waals surface area contributed by atoms with Crippen molar-refractivity contribution in [3.05, 3.63) is 66.2 Å². The first-order valence-corrected chi connectivity index (χ1v) is 7.41. The maximum absolute atomic E-state index is 8.79. The molecule has 0 N–H and O–H groups in total. The molecule has 21 heavy (non-hydrogen) atoms. The third-order valence-corrected chi connectivity index (χ3v) is 2.18. The van der Waals surface area contributed by atoms with Crippen LogP contribution in [0.25, 0.3) is 5.57 Å². The minimum Gasteiger partial charge on any atom is -0.246 e. The van der Waals surface area contributed by atoms with E-state index in [1.807, 2.05) is 58.1 Å². The predicted octanol–water partition coefficient (Wildman–Crippen LogP) is 5.70. The zero-order valence-corrected chi connectivity index (χ0v) is 13.9. The van der Waals surface area contributed by atoms with E-state index < -0.39 is 0 Å². The maximum atomic E-state index is 8.79. The Morgan fingerprint density at radius 3 is 2.48 bits per heavy atom. The third-order valence-electron chi connectivity index (χ3n) is 2.18. The van der Waals surface area contributed by atoms with E-state index in [1.54, 1.807) is 18.3 Å². The molecule has 2 heteroatoms. The molecule has 1 heterocycles. The normalized spacial score (nSPS) is 8.19. The van der Waals surface area contributed by atoms with Crippen molar-refractivity contribution in [3.63, 3.8) is 0 Å². The van der Waals surface area contributed by atoms with E-state index in [9.17, 15) is 0 Å². The topological polar surface area (TPSA) is 36.7 Å². The van der Waals surface area contributed by atoms with Gasteiger partial charge in [0.25, 0.3) is 0 Å². The summed E-state index contributed by atoms with van der Waals surface area (Å²) >= 11 is 0. The van der Waals surface area contributed by atoms with Gasteiger partial charge in [-0.2, -0.15) is 5.26 Å². The molecule has 0 aromatic carbocycles. The number of rotatable bonds is 4. The first-order chi connectivity index (χ1) is 10.3. The zero-order valence-electron chi connectivity index (χ0n) is 13.9. The van der Waals surface area contributed by atoms with Gasteiger partial charge in [-0.3, -0.25) is 0 Å². The van der Waals surface area contributed by atoms with E-state index in [1.165, 1.54) is 0 Å². The van der Waals surface area contributed by atoms with Crippen molar-refractivity contribution in [2.75, 3.05) is 0 Å². The zero-order chi connectivity index (χ0) is 16.5. The highest BCUT2D eigenvalue weighted by atomic mass is 14.7. The van der Waals surface area contributed by atoms with Gasteiger partial charge in [-0.25, -0.2) is 4.98 Å². The quantitative estimate of drug-likeness (QED) is 0.525. The van der Waals surface area contributed by atoms with Gasteiger partial charge >= 0.3 is 0 Å². The van der Waals surface area contributed by atoms with Gasteiger partial charge in [-0.05, 0) is 30.2 Å². The maximum Gasteiger partial charge on any atom is 0.141 e. The van der Waals surface area contributed by atoms with Crippen LogP contribution in [0, 0.1) is 11.3 Å². The highest BCUT2D eigenvalue weighted by molar-refractivity contribution is 5.65. The Bertz CT molecular complexity index is 525. The van der Waals surface area contributed by atoms with Gasteiger partial charge < -0.3 is 0 Å². The highest BCUT2D eigenvalue weighted by Gasteiger charge is 1.99. The van der Waals surface area contributed by atoms with E-state index in [0.29, 0.717) is 5.69 Å². The number of hydrogen-bond acceptors (Lipinski definition) is 2. The van der Waals surface area contributed by atoms with Crippen LogP contribution in [0.1, 0.15) is 52.3 Å². The molecule has 0 saturated carbocycles. The largest absolute Gasteiger partial charge is 0.246 e. The second-order valence-corrected chi connectivity index (χ2v) is 3.31. The smallest absolute Gasteiger partial charge is 0.141 e. The van der Waals surface area contributed by atoms with Crippen molar-refractivity contribution in [2.45, 2.75) is 41.0 Å². The molecule has 112 valence electrons. The van der Waals surface area contributed by atoms with Crippen LogP contribution in [0.4, 0.5) is 0 Å². The Labute approximate surface area is 129 Å². The van der Waals surface area contributed by atoms with Crippen molar-refractivity contribution in [2.24, 2.45) is 0 Å². The van der Waals surface area contributed by atoms with Crippen LogP contribution >= 0.6 is 0 Å². The number of aromatic nitrogens is 1. The van der Waals surface area contributed by atoms with E-state index in [-0.39, 0.29) is 0 Å². The Kier molecular flexibility index (Phi) is 15.7. The van der Waals surface area contributed by atoms with E-state index in [2.05, 4.69) is 24.2 Å². The molecule has 0 aliphatic carbocycles. The third kappa shape index (κ3) is 9.21. The first kappa shape index (κ1) is 20.9. The summed E-state index contributed by atoms with van der Waals surface area (Å²) in [6, 6.07) is 5.69. The lowest BCUT2D eigenvalue weighted by molar-refractivity contribution is 1.21. The van der Waals surface area contributed by atoms with Gasteiger partial charge in [0.05, 0.1) is 0 Å². The summed E-state index contributed by atoms with van der Waals surface area (Å²) in [5, 5.41) is 8.79. The average Bonchev–Trinajstić information content (AvgIpc) is 2.58. The summed E-state index contributed by atoms with van der Waals surface area (Å²) in [6.07, 6.45) is 9.76. The fraction of sp³-hybridized carbons (Fsp3) is 0.316. The lowest BCUT2D eigenvalue weighted by Crippen LogP contribution is -1.86. The van der Waals surface area contributed by atoms with Gasteiger partial charge in [-0.1, -0.05) is 59.4 Å². The van der Waals surface area contributed by atoms with Crippen LogP contribution in [0.3, 0.4) is 0 Å². The van der Waals surface area contributed by atoms with Gasteiger partial charge in [0.2, 0.25) is 0 Å². The summed E-state index contributed by atoms with van der Waals surface area (Å²) in [7, 11) is 0. The van der Waals surface area contributed by atoms with Crippen molar-refractivity contribution < 1.29 is 0 Å². The van der Waals surface area contributed by atoms with Crippen molar-refractivity contribution in [1.29, 1.82) is 5.26 Å². The second kappa shape index (κ2) is 15.7. The van der Waals surface area contributed by atoms with Gasteiger partial charge in [0.15, 0.2) is 0 Å². The summed E-state index contributed by atoms with van der Waals surface area (Å²) in [5.41, 5.74) is 5.66. The number of nitrogens with zero attached hydrogens (tertiary/aromatic N) is 2. The summed E-state index contributed by atoms with van der Waals surface area (Å²) in [6.45, 7) is 13.6. The summed E-state index contributed by atoms with van der Waals surface area (Å²) in [5.74, 6) is 0. The SMILES string of the molecule is C=C/C=C\C=C=C(CC)c1ccnc(C#N)c1.CC.CC. The monoisotopic (exact) mass is 282 g/mol. The first-order valence-electron chi connectivity index (χ1n) is 7.41. The predicted molar refractivity (Wildman–Crippen MR) is 92.8 cm³/mol. The van der Waals surface area contributed by atoms with Crippen LogP contribution in [0.5, 0.6) is 0 Å². The lowest BCUT2D eigenvalue weighted by atomic mass is 10.1. The average molecular weight is 282 g/mol.